The van der Waals surface area contributed by atoms with Crippen LogP contribution in [0.15, 0.2) is 71.8 Å². The summed E-state index contributed by atoms with van der Waals surface area (Å²) in [5, 5.41) is 0. The van der Waals surface area contributed by atoms with Gasteiger partial charge >= 0.3 is 0 Å². The van der Waals surface area contributed by atoms with E-state index in [1.165, 1.54) is 11.4 Å². The zero-order chi connectivity index (χ0) is 24.4. The molecular formula is C25H27N5O4S. The van der Waals surface area contributed by atoms with Crippen molar-refractivity contribution in [2.75, 3.05) is 40.4 Å². The Hall–Kier alpha value is -3.47. The Bertz CT molecular complexity index is 1430. The number of piperazine rings is 1. The molecule has 10 heteroatoms. The van der Waals surface area contributed by atoms with Crippen molar-refractivity contribution in [3.05, 3.63) is 72.7 Å². The van der Waals surface area contributed by atoms with Gasteiger partial charge < -0.3 is 9.47 Å². The smallest absolute Gasteiger partial charge is 0.243 e. The summed E-state index contributed by atoms with van der Waals surface area (Å²) < 4.78 is 40.4. The zero-order valence-electron chi connectivity index (χ0n) is 19.7. The second-order valence-corrected chi connectivity index (χ2v) is 10.2. The number of fused-ring (bicyclic) bond motifs is 1. The van der Waals surface area contributed by atoms with Crippen molar-refractivity contribution >= 4 is 21.2 Å². The van der Waals surface area contributed by atoms with Crippen LogP contribution in [0, 0.1) is 0 Å². The van der Waals surface area contributed by atoms with Gasteiger partial charge in [0, 0.05) is 44.1 Å². The van der Waals surface area contributed by atoms with Gasteiger partial charge in [0.25, 0.3) is 0 Å². The monoisotopic (exact) mass is 493 g/mol. The van der Waals surface area contributed by atoms with Crippen LogP contribution in [0.4, 0.5) is 0 Å². The van der Waals surface area contributed by atoms with Crippen LogP contribution in [0.5, 0.6) is 11.5 Å². The van der Waals surface area contributed by atoms with Crippen LogP contribution in [0.2, 0.25) is 0 Å². The Morgan fingerprint density at radius 2 is 1.63 bits per heavy atom. The van der Waals surface area contributed by atoms with E-state index in [4.69, 9.17) is 14.5 Å². The molecule has 1 aliphatic heterocycles. The van der Waals surface area contributed by atoms with Gasteiger partial charge in [-0.25, -0.2) is 18.4 Å². The van der Waals surface area contributed by atoms with Crippen LogP contribution in [-0.2, 0) is 16.6 Å². The molecule has 3 heterocycles. The molecule has 0 saturated carbocycles. The average molecular weight is 494 g/mol. The van der Waals surface area contributed by atoms with Crippen molar-refractivity contribution in [1.82, 2.24) is 23.7 Å². The SMILES string of the molecule is COc1ccc(-n2c(CN3CCN(S(=O)(=O)c4cccc(OC)c4)CC3)nc3cccnc32)cc1. The summed E-state index contributed by atoms with van der Waals surface area (Å²) in [6, 6.07) is 18.2. The van der Waals surface area contributed by atoms with E-state index in [0.29, 0.717) is 38.5 Å². The van der Waals surface area contributed by atoms with E-state index in [2.05, 4.69) is 9.88 Å². The van der Waals surface area contributed by atoms with Crippen LogP contribution in [0.1, 0.15) is 5.82 Å². The first kappa shape index (κ1) is 23.3. The molecule has 1 aliphatic rings. The van der Waals surface area contributed by atoms with Crippen molar-refractivity contribution in [3.8, 4) is 17.2 Å². The van der Waals surface area contributed by atoms with Gasteiger partial charge in [0.1, 0.15) is 22.8 Å². The third-order valence-corrected chi connectivity index (χ3v) is 8.09. The van der Waals surface area contributed by atoms with E-state index in [1.807, 2.05) is 41.0 Å². The normalized spacial score (nSPS) is 15.4. The molecule has 0 bridgehead atoms. The van der Waals surface area contributed by atoms with E-state index in [9.17, 15) is 8.42 Å². The van der Waals surface area contributed by atoms with Crippen molar-refractivity contribution < 1.29 is 17.9 Å². The summed E-state index contributed by atoms with van der Waals surface area (Å²) in [5.74, 6) is 2.16. The highest BCUT2D eigenvalue weighted by Gasteiger charge is 2.29. The van der Waals surface area contributed by atoms with Crippen LogP contribution in [0.3, 0.4) is 0 Å². The van der Waals surface area contributed by atoms with Gasteiger partial charge in [0.15, 0.2) is 5.65 Å². The maximum Gasteiger partial charge on any atom is 0.243 e. The highest BCUT2D eigenvalue weighted by Crippen LogP contribution is 2.25. The van der Waals surface area contributed by atoms with Gasteiger partial charge in [-0.3, -0.25) is 9.47 Å². The minimum absolute atomic E-state index is 0.248. The van der Waals surface area contributed by atoms with Crippen molar-refractivity contribution in [2.45, 2.75) is 11.4 Å². The van der Waals surface area contributed by atoms with Crippen LogP contribution in [-0.4, -0.2) is 72.6 Å². The van der Waals surface area contributed by atoms with Crippen molar-refractivity contribution in [3.63, 3.8) is 0 Å². The zero-order valence-corrected chi connectivity index (χ0v) is 20.5. The Morgan fingerprint density at radius 3 is 2.34 bits per heavy atom. The summed E-state index contributed by atoms with van der Waals surface area (Å²) in [4.78, 5) is 11.9. The number of ether oxygens (including phenoxy) is 2. The Kier molecular flexibility index (Phi) is 6.42. The number of aromatic nitrogens is 3. The lowest BCUT2D eigenvalue weighted by molar-refractivity contribution is 0.177. The lowest BCUT2D eigenvalue weighted by atomic mass is 10.3. The second kappa shape index (κ2) is 9.65. The number of pyridine rings is 1. The van der Waals surface area contributed by atoms with Gasteiger partial charge in [0.2, 0.25) is 10.0 Å². The van der Waals surface area contributed by atoms with Gasteiger partial charge in [-0.1, -0.05) is 6.07 Å². The van der Waals surface area contributed by atoms with Crippen molar-refractivity contribution in [2.24, 2.45) is 0 Å². The molecule has 0 atom stereocenters. The third kappa shape index (κ3) is 4.60. The average Bonchev–Trinajstić information content (AvgIpc) is 3.26. The van der Waals surface area contributed by atoms with E-state index in [-0.39, 0.29) is 4.90 Å². The van der Waals surface area contributed by atoms with Gasteiger partial charge in [-0.05, 0) is 48.5 Å². The number of benzene rings is 2. The summed E-state index contributed by atoms with van der Waals surface area (Å²) in [7, 11) is -0.417. The van der Waals surface area contributed by atoms with E-state index in [0.717, 1.165) is 28.4 Å². The molecule has 0 spiro atoms. The molecule has 2 aromatic carbocycles. The van der Waals surface area contributed by atoms with Crippen molar-refractivity contribution in [1.29, 1.82) is 0 Å². The number of methoxy groups -OCH3 is 2. The Labute approximate surface area is 204 Å². The third-order valence-electron chi connectivity index (χ3n) is 6.19. The minimum Gasteiger partial charge on any atom is -0.497 e. The Morgan fingerprint density at radius 1 is 0.886 bits per heavy atom. The molecule has 0 radical (unpaired) electrons. The number of hydrogen-bond donors (Lipinski definition) is 0. The van der Waals surface area contributed by atoms with E-state index >= 15 is 0 Å². The molecule has 9 nitrogen and oxygen atoms in total. The maximum atomic E-state index is 13.1. The fourth-order valence-corrected chi connectivity index (χ4v) is 5.76. The number of imidazole rings is 1. The summed E-state index contributed by atoms with van der Waals surface area (Å²) in [6.45, 7) is 2.58. The molecule has 1 fully saturated rings. The molecule has 182 valence electrons. The first-order valence-corrected chi connectivity index (χ1v) is 12.8. The highest BCUT2D eigenvalue weighted by atomic mass is 32.2. The number of rotatable bonds is 7. The molecular weight excluding hydrogens is 466 g/mol. The lowest BCUT2D eigenvalue weighted by Gasteiger charge is -2.33. The molecule has 4 aromatic rings. The lowest BCUT2D eigenvalue weighted by Crippen LogP contribution is -2.48. The summed E-state index contributed by atoms with van der Waals surface area (Å²) >= 11 is 0. The van der Waals surface area contributed by atoms with Gasteiger partial charge in [-0.15, -0.1) is 0 Å². The molecule has 0 unspecified atom stereocenters. The van der Waals surface area contributed by atoms with Crippen LogP contribution in [0.25, 0.3) is 16.9 Å². The number of hydrogen-bond acceptors (Lipinski definition) is 7. The standard InChI is InChI=1S/C25H27N5O4S/c1-33-20-10-8-19(9-11-20)30-24(27-23-7-4-12-26-25(23)30)18-28-13-15-29(16-14-28)35(31,32)22-6-3-5-21(17-22)34-2/h3-12,17H,13-16,18H2,1-2H3. The topological polar surface area (TPSA) is 89.8 Å². The van der Waals surface area contributed by atoms with Gasteiger partial charge in [-0.2, -0.15) is 4.31 Å². The Balaban J connectivity index is 1.35. The molecule has 0 amide bonds. The predicted molar refractivity (Wildman–Crippen MR) is 132 cm³/mol. The fraction of sp³-hybridized carbons (Fsp3) is 0.280. The predicted octanol–water partition coefficient (Wildman–Crippen LogP) is 2.94. The second-order valence-electron chi connectivity index (χ2n) is 8.27. The molecule has 5 rings (SSSR count). The summed E-state index contributed by atoms with van der Waals surface area (Å²) in [5.41, 5.74) is 2.55. The highest BCUT2D eigenvalue weighted by molar-refractivity contribution is 7.89. The van der Waals surface area contributed by atoms with Crippen LogP contribution >= 0.6 is 0 Å². The quantitative estimate of drug-likeness (QED) is 0.391. The molecule has 35 heavy (non-hydrogen) atoms. The van der Waals surface area contributed by atoms with Gasteiger partial charge in [0.05, 0.1) is 25.7 Å². The fourth-order valence-electron chi connectivity index (χ4n) is 4.31. The minimum atomic E-state index is -3.59. The van der Waals surface area contributed by atoms with E-state index in [1.54, 1.807) is 37.6 Å². The van der Waals surface area contributed by atoms with E-state index < -0.39 is 10.0 Å². The first-order chi connectivity index (χ1) is 17.0. The summed E-state index contributed by atoms with van der Waals surface area (Å²) in [6.07, 6.45) is 1.76. The first-order valence-electron chi connectivity index (χ1n) is 11.3. The maximum absolute atomic E-state index is 13.1. The molecule has 0 N–H and O–H groups in total. The number of nitrogens with zero attached hydrogens (tertiary/aromatic N) is 5. The molecule has 2 aromatic heterocycles. The molecule has 0 aliphatic carbocycles. The number of sulfonamides is 1. The largest absolute Gasteiger partial charge is 0.497 e. The molecule has 1 saturated heterocycles. The van der Waals surface area contributed by atoms with Crippen LogP contribution < -0.4 is 9.47 Å².